The first kappa shape index (κ1) is 18.9. The van der Waals surface area contributed by atoms with E-state index in [2.05, 4.69) is 14.5 Å². The summed E-state index contributed by atoms with van der Waals surface area (Å²) in [5, 5.41) is 0. The fraction of sp³-hybridized carbons (Fsp3) is 0.438. The minimum atomic E-state index is -3.51. The van der Waals surface area contributed by atoms with Crippen molar-refractivity contribution in [2.75, 3.05) is 20.3 Å². The standard InChI is InChI=1S/C16H20N2O6S/c1-23-15(20)11-24-14(19)9-3-2-6-10-17-16-12-7-4-5-8-13(12)25(21,22)18-16/h4-5,7-8H,2-3,6,9-11H2,1H3,(H,17,18). The second-order valence-electron chi connectivity index (χ2n) is 5.38. The number of carbonyl (C=O) groups excluding carboxylic acids is 2. The number of fused-ring (bicyclic) bond motifs is 1. The quantitative estimate of drug-likeness (QED) is 0.541. The maximum atomic E-state index is 11.9. The van der Waals surface area contributed by atoms with Crippen LogP contribution in [0.2, 0.25) is 0 Å². The lowest BCUT2D eigenvalue weighted by molar-refractivity contribution is -0.157. The molecular weight excluding hydrogens is 348 g/mol. The smallest absolute Gasteiger partial charge is 0.344 e. The maximum Gasteiger partial charge on any atom is 0.344 e. The number of hydrogen-bond acceptors (Lipinski definition) is 7. The van der Waals surface area contributed by atoms with Crippen LogP contribution in [0.1, 0.15) is 31.2 Å². The normalized spacial score (nSPS) is 16.1. The number of aliphatic imine (C=N–C) groups is 1. The van der Waals surface area contributed by atoms with Crippen LogP contribution in [0.15, 0.2) is 34.2 Å². The number of benzene rings is 1. The molecule has 1 aliphatic heterocycles. The Kier molecular flexibility index (Phi) is 6.51. The summed E-state index contributed by atoms with van der Waals surface area (Å²) in [6, 6.07) is 6.68. The summed E-state index contributed by atoms with van der Waals surface area (Å²) in [7, 11) is -2.29. The average Bonchev–Trinajstić information content (AvgIpc) is 2.86. The van der Waals surface area contributed by atoms with E-state index >= 15 is 0 Å². The number of carbonyl (C=O) groups is 2. The van der Waals surface area contributed by atoms with Crippen molar-refractivity contribution in [1.82, 2.24) is 4.72 Å². The van der Waals surface area contributed by atoms with Crippen molar-refractivity contribution >= 4 is 27.8 Å². The average molecular weight is 368 g/mol. The first-order valence-corrected chi connectivity index (χ1v) is 9.31. The van der Waals surface area contributed by atoms with Gasteiger partial charge in [0.15, 0.2) is 6.61 Å². The fourth-order valence-corrected chi connectivity index (χ4v) is 3.52. The Bertz CT molecular complexity index is 773. The highest BCUT2D eigenvalue weighted by Gasteiger charge is 2.29. The van der Waals surface area contributed by atoms with Crippen molar-refractivity contribution in [2.24, 2.45) is 4.99 Å². The molecule has 0 amide bonds. The topological polar surface area (TPSA) is 111 Å². The van der Waals surface area contributed by atoms with Gasteiger partial charge in [-0.2, -0.15) is 0 Å². The maximum absolute atomic E-state index is 11.9. The molecule has 1 aromatic carbocycles. The second-order valence-corrected chi connectivity index (χ2v) is 7.03. The molecule has 9 heteroatoms. The Morgan fingerprint density at radius 3 is 2.64 bits per heavy atom. The van der Waals surface area contributed by atoms with E-state index in [4.69, 9.17) is 4.74 Å². The zero-order chi connectivity index (χ0) is 18.3. The predicted molar refractivity (Wildman–Crippen MR) is 89.6 cm³/mol. The minimum absolute atomic E-state index is 0.211. The Labute approximate surface area is 146 Å². The molecule has 136 valence electrons. The molecule has 1 N–H and O–H groups in total. The van der Waals surface area contributed by atoms with E-state index in [0.717, 1.165) is 6.42 Å². The number of unbranched alkanes of at least 4 members (excludes halogenated alkanes) is 2. The number of esters is 2. The summed E-state index contributed by atoms with van der Waals surface area (Å²) in [5.41, 5.74) is 0.578. The van der Waals surface area contributed by atoms with E-state index in [0.29, 0.717) is 30.8 Å². The van der Waals surface area contributed by atoms with Crippen LogP contribution in [-0.4, -0.2) is 46.5 Å². The Balaban J connectivity index is 1.71. The molecule has 0 spiro atoms. The molecule has 0 saturated carbocycles. The van der Waals surface area contributed by atoms with E-state index < -0.39 is 22.0 Å². The van der Waals surface area contributed by atoms with Gasteiger partial charge in [-0.1, -0.05) is 18.6 Å². The van der Waals surface area contributed by atoms with Gasteiger partial charge < -0.3 is 9.47 Å². The third-order valence-corrected chi connectivity index (χ3v) is 4.95. The van der Waals surface area contributed by atoms with Gasteiger partial charge >= 0.3 is 11.9 Å². The van der Waals surface area contributed by atoms with Gasteiger partial charge in [0.2, 0.25) is 0 Å². The molecule has 25 heavy (non-hydrogen) atoms. The van der Waals surface area contributed by atoms with E-state index in [1.807, 2.05) is 0 Å². The van der Waals surface area contributed by atoms with Crippen LogP contribution >= 0.6 is 0 Å². The van der Waals surface area contributed by atoms with Crippen molar-refractivity contribution in [3.63, 3.8) is 0 Å². The van der Waals surface area contributed by atoms with Crippen molar-refractivity contribution in [1.29, 1.82) is 0 Å². The number of ether oxygens (including phenoxy) is 2. The van der Waals surface area contributed by atoms with E-state index in [-0.39, 0.29) is 17.9 Å². The molecule has 1 aromatic rings. The second kappa shape index (κ2) is 8.61. The predicted octanol–water partition coefficient (Wildman–Crippen LogP) is 1.00. The van der Waals surface area contributed by atoms with Gasteiger partial charge in [-0.05, 0) is 25.0 Å². The summed E-state index contributed by atoms with van der Waals surface area (Å²) in [4.78, 5) is 26.7. The Morgan fingerprint density at radius 1 is 1.12 bits per heavy atom. The minimum Gasteiger partial charge on any atom is -0.466 e. The van der Waals surface area contributed by atoms with Crippen molar-refractivity contribution in [3.05, 3.63) is 29.8 Å². The molecule has 0 aliphatic carbocycles. The molecule has 1 heterocycles. The van der Waals surface area contributed by atoms with Gasteiger partial charge in [-0.3, -0.25) is 14.5 Å². The first-order chi connectivity index (χ1) is 11.9. The van der Waals surface area contributed by atoms with Crippen LogP contribution in [0.4, 0.5) is 0 Å². The van der Waals surface area contributed by atoms with Gasteiger partial charge in [0.25, 0.3) is 10.0 Å². The van der Waals surface area contributed by atoms with Crippen LogP contribution in [0.5, 0.6) is 0 Å². The van der Waals surface area contributed by atoms with Gasteiger partial charge in [-0.15, -0.1) is 0 Å². The number of nitrogens with zero attached hydrogens (tertiary/aromatic N) is 1. The summed E-state index contributed by atoms with van der Waals surface area (Å²) in [6.45, 7) is 0.0753. The fourth-order valence-electron chi connectivity index (χ4n) is 2.27. The third kappa shape index (κ3) is 5.28. The van der Waals surface area contributed by atoms with E-state index in [1.54, 1.807) is 24.3 Å². The Morgan fingerprint density at radius 2 is 1.88 bits per heavy atom. The number of methoxy groups -OCH3 is 1. The zero-order valence-corrected chi connectivity index (χ0v) is 14.7. The van der Waals surface area contributed by atoms with Gasteiger partial charge in [0.05, 0.1) is 12.0 Å². The number of rotatable bonds is 8. The first-order valence-electron chi connectivity index (χ1n) is 7.83. The van der Waals surface area contributed by atoms with Crippen molar-refractivity contribution < 1.29 is 27.5 Å². The molecule has 0 atom stereocenters. The molecule has 2 rings (SSSR count). The van der Waals surface area contributed by atoms with Crippen LogP contribution < -0.4 is 4.72 Å². The lowest BCUT2D eigenvalue weighted by Gasteiger charge is -2.03. The van der Waals surface area contributed by atoms with Crippen molar-refractivity contribution in [3.8, 4) is 0 Å². The van der Waals surface area contributed by atoms with Crippen molar-refractivity contribution in [2.45, 2.75) is 30.6 Å². The number of amidine groups is 1. The lowest BCUT2D eigenvalue weighted by atomic mass is 10.2. The number of sulfonamides is 1. The summed E-state index contributed by atoms with van der Waals surface area (Å²) < 4.78 is 35.4. The Hall–Kier alpha value is -2.42. The molecule has 0 fully saturated rings. The highest BCUT2D eigenvalue weighted by atomic mass is 32.2. The highest BCUT2D eigenvalue weighted by molar-refractivity contribution is 7.90. The van der Waals surface area contributed by atoms with Gasteiger partial charge in [0, 0.05) is 18.5 Å². The van der Waals surface area contributed by atoms with Crippen LogP contribution in [-0.2, 0) is 29.1 Å². The molecule has 0 bridgehead atoms. The van der Waals surface area contributed by atoms with Crippen LogP contribution in [0, 0.1) is 0 Å². The van der Waals surface area contributed by atoms with E-state index in [1.165, 1.54) is 7.11 Å². The molecule has 1 aliphatic rings. The van der Waals surface area contributed by atoms with E-state index in [9.17, 15) is 18.0 Å². The molecule has 0 aromatic heterocycles. The zero-order valence-electron chi connectivity index (χ0n) is 13.9. The highest BCUT2D eigenvalue weighted by Crippen LogP contribution is 2.22. The third-order valence-electron chi connectivity index (χ3n) is 3.55. The number of nitrogens with one attached hydrogen (secondary N) is 1. The molecule has 8 nitrogen and oxygen atoms in total. The SMILES string of the molecule is COC(=O)COC(=O)CCCCCN=C1NS(=O)(=O)c2ccccc21. The lowest BCUT2D eigenvalue weighted by Crippen LogP contribution is -2.22. The van der Waals surface area contributed by atoms with Crippen LogP contribution in [0.25, 0.3) is 0 Å². The summed E-state index contributed by atoms with van der Waals surface area (Å²) >= 11 is 0. The van der Waals surface area contributed by atoms with Gasteiger partial charge in [-0.25, -0.2) is 13.2 Å². The largest absolute Gasteiger partial charge is 0.466 e. The monoisotopic (exact) mass is 368 g/mol. The summed E-state index contributed by atoms with van der Waals surface area (Å²) in [6.07, 6.45) is 2.26. The summed E-state index contributed by atoms with van der Waals surface area (Å²) in [5.74, 6) is -0.689. The molecular formula is C16H20N2O6S. The molecule has 0 unspecified atom stereocenters. The molecule has 0 radical (unpaired) electrons. The number of hydrogen-bond donors (Lipinski definition) is 1. The van der Waals surface area contributed by atoms with Crippen LogP contribution in [0.3, 0.4) is 0 Å². The van der Waals surface area contributed by atoms with Gasteiger partial charge in [0.1, 0.15) is 5.84 Å². The molecule has 0 saturated heterocycles.